The summed E-state index contributed by atoms with van der Waals surface area (Å²) < 4.78 is 6.01. The Hall–Kier alpha value is -2.09. The van der Waals surface area contributed by atoms with Gasteiger partial charge in [-0.05, 0) is 35.8 Å². The average Bonchev–Trinajstić information content (AvgIpc) is 2.86. The molecule has 3 rings (SSSR count). The van der Waals surface area contributed by atoms with Gasteiger partial charge in [0.05, 0.1) is 5.39 Å². The standard InChI is InChI=1S/C12H11BrN6O/c1-6(12-18-7(2)19-20-12)17-11-9-3-8(13)4-14-10(9)15-5-16-11/h3-6H,1-2H3,(H,14,15,16,17). The molecule has 3 aromatic heterocycles. The Morgan fingerprint density at radius 1 is 1.30 bits per heavy atom. The number of fused-ring (bicyclic) bond motifs is 1. The zero-order valence-electron chi connectivity index (χ0n) is 10.8. The molecule has 0 aliphatic carbocycles. The Bertz CT molecular complexity index is 759. The van der Waals surface area contributed by atoms with E-state index in [-0.39, 0.29) is 6.04 Å². The summed E-state index contributed by atoms with van der Waals surface area (Å²) >= 11 is 3.39. The van der Waals surface area contributed by atoms with E-state index in [2.05, 4.69) is 46.3 Å². The normalized spacial score (nSPS) is 12.6. The van der Waals surface area contributed by atoms with Crippen LogP contribution in [0.4, 0.5) is 5.82 Å². The minimum Gasteiger partial charge on any atom is -0.358 e. The van der Waals surface area contributed by atoms with Crippen LogP contribution in [-0.2, 0) is 0 Å². The van der Waals surface area contributed by atoms with Gasteiger partial charge in [0, 0.05) is 10.7 Å². The molecule has 0 spiro atoms. The van der Waals surface area contributed by atoms with Crippen molar-refractivity contribution in [2.75, 3.05) is 5.32 Å². The molecule has 20 heavy (non-hydrogen) atoms. The number of nitrogens with zero attached hydrogens (tertiary/aromatic N) is 5. The number of aryl methyl sites for hydroxylation is 1. The lowest BCUT2D eigenvalue weighted by atomic mass is 10.3. The summed E-state index contributed by atoms with van der Waals surface area (Å²) in [5.41, 5.74) is 0.625. The quantitative estimate of drug-likeness (QED) is 0.787. The molecule has 1 unspecified atom stereocenters. The van der Waals surface area contributed by atoms with Gasteiger partial charge in [0.1, 0.15) is 18.2 Å². The summed E-state index contributed by atoms with van der Waals surface area (Å²) in [4.78, 5) is 16.8. The molecule has 0 bridgehead atoms. The Morgan fingerprint density at radius 3 is 2.90 bits per heavy atom. The summed E-state index contributed by atoms with van der Waals surface area (Å²) in [6, 6.07) is 1.75. The Morgan fingerprint density at radius 2 is 2.15 bits per heavy atom. The summed E-state index contributed by atoms with van der Waals surface area (Å²) in [5.74, 6) is 1.79. The van der Waals surface area contributed by atoms with E-state index < -0.39 is 0 Å². The fraction of sp³-hybridized carbons (Fsp3) is 0.250. The van der Waals surface area contributed by atoms with Crippen LogP contribution in [0.1, 0.15) is 24.7 Å². The summed E-state index contributed by atoms with van der Waals surface area (Å²) in [5, 5.41) is 7.83. The maximum absolute atomic E-state index is 5.14. The molecule has 0 saturated carbocycles. The summed E-state index contributed by atoms with van der Waals surface area (Å²) in [7, 11) is 0. The zero-order valence-corrected chi connectivity index (χ0v) is 12.4. The lowest BCUT2D eigenvalue weighted by Crippen LogP contribution is -2.09. The highest BCUT2D eigenvalue weighted by molar-refractivity contribution is 9.10. The first kappa shape index (κ1) is 12.9. The van der Waals surface area contributed by atoms with Crippen LogP contribution in [0.25, 0.3) is 11.0 Å². The number of nitrogens with one attached hydrogen (secondary N) is 1. The lowest BCUT2D eigenvalue weighted by Gasteiger charge is -2.11. The van der Waals surface area contributed by atoms with E-state index in [0.29, 0.717) is 23.2 Å². The third-order valence-electron chi connectivity index (χ3n) is 2.72. The van der Waals surface area contributed by atoms with Gasteiger partial charge >= 0.3 is 0 Å². The Kier molecular flexibility index (Phi) is 3.31. The van der Waals surface area contributed by atoms with Crippen molar-refractivity contribution >= 4 is 32.8 Å². The van der Waals surface area contributed by atoms with E-state index in [1.165, 1.54) is 6.33 Å². The van der Waals surface area contributed by atoms with Crippen LogP contribution < -0.4 is 5.32 Å². The van der Waals surface area contributed by atoms with Crippen molar-refractivity contribution in [3.8, 4) is 0 Å². The number of hydrogen-bond donors (Lipinski definition) is 1. The first-order valence-corrected chi connectivity index (χ1v) is 6.76. The monoisotopic (exact) mass is 334 g/mol. The highest BCUT2D eigenvalue weighted by atomic mass is 79.9. The highest BCUT2D eigenvalue weighted by Gasteiger charge is 2.15. The van der Waals surface area contributed by atoms with Crippen LogP contribution in [-0.4, -0.2) is 25.1 Å². The van der Waals surface area contributed by atoms with Crippen molar-refractivity contribution in [3.05, 3.63) is 34.8 Å². The van der Waals surface area contributed by atoms with E-state index in [4.69, 9.17) is 4.52 Å². The largest absolute Gasteiger partial charge is 0.358 e. The minimum atomic E-state index is -0.159. The van der Waals surface area contributed by atoms with E-state index in [1.54, 1.807) is 13.1 Å². The molecule has 0 radical (unpaired) electrons. The van der Waals surface area contributed by atoms with Crippen LogP contribution >= 0.6 is 15.9 Å². The van der Waals surface area contributed by atoms with Crippen molar-refractivity contribution in [1.82, 2.24) is 25.1 Å². The van der Waals surface area contributed by atoms with Crippen molar-refractivity contribution in [1.29, 1.82) is 0 Å². The third kappa shape index (κ3) is 2.46. The molecule has 3 heterocycles. The van der Waals surface area contributed by atoms with Gasteiger partial charge in [0.2, 0.25) is 5.89 Å². The molecule has 0 aliphatic heterocycles. The van der Waals surface area contributed by atoms with Crippen LogP contribution in [0, 0.1) is 6.92 Å². The van der Waals surface area contributed by atoms with Gasteiger partial charge in [0.15, 0.2) is 11.5 Å². The smallest absolute Gasteiger partial charge is 0.248 e. The molecule has 0 aromatic carbocycles. The predicted molar refractivity (Wildman–Crippen MR) is 76.1 cm³/mol. The highest BCUT2D eigenvalue weighted by Crippen LogP contribution is 2.24. The van der Waals surface area contributed by atoms with E-state index in [9.17, 15) is 0 Å². The minimum absolute atomic E-state index is 0.159. The molecule has 1 atom stereocenters. The number of rotatable bonds is 3. The number of halogens is 1. The number of pyridine rings is 1. The van der Waals surface area contributed by atoms with Crippen LogP contribution in [0.5, 0.6) is 0 Å². The van der Waals surface area contributed by atoms with Crippen molar-refractivity contribution < 1.29 is 4.52 Å². The van der Waals surface area contributed by atoms with Gasteiger partial charge in [0.25, 0.3) is 0 Å². The first-order valence-electron chi connectivity index (χ1n) is 5.96. The molecule has 0 saturated heterocycles. The van der Waals surface area contributed by atoms with E-state index in [0.717, 1.165) is 9.86 Å². The molecular formula is C12H11BrN6O. The number of anilines is 1. The first-order chi connectivity index (χ1) is 9.63. The number of aromatic nitrogens is 5. The molecular weight excluding hydrogens is 324 g/mol. The van der Waals surface area contributed by atoms with Crippen LogP contribution in [0.3, 0.4) is 0 Å². The average molecular weight is 335 g/mol. The SMILES string of the molecule is Cc1noc(C(C)Nc2ncnc3ncc(Br)cc23)n1. The fourth-order valence-corrected chi connectivity index (χ4v) is 2.12. The summed E-state index contributed by atoms with van der Waals surface area (Å²) in [6.45, 7) is 3.70. The van der Waals surface area contributed by atoms with Gasteiger partial charge in [-0.25, -0.2) is 15.0 Å². The summed E-state index contributed by atoms with van der Waals surface area (Å²) in [6.07, 6.45) is 3.17. The van der Waals surface area contributed by atoms with Gasteiger partial charge in [-0.15, -0.1) is 0 Å². The molecule has 0 aliphatic rings. The second-order valence-corrected chi connectivity index (χ2v) is 5.21. The molecule has 0 fully saturated rings. The Balaban J connectivity index is 1.96. The van der Waals surface area contributed by atoms with Gasteiger partial charge in [-0.3, -0.25) is 0 Å². The fourth-order valence-electron chi connectivity index (χ4n) is 1.79. The van der Waals surface area contributed by atoms with Gasteiger partial charge < -0.3 is 9.84 Å². The molecule has 3 aromatic rings. The van der Waals surface area contributed by atoms with Crippen LogP contribution in [0.15, 0.2) is 27.6 Å². The van der Waals surface area contributed by atoms with E-state index in [1.807, 2.05) is 13.0 Å². The molecule has 1 N–H and O–H groups in total. The second-order valence-electron chi connectivity index (χ2n) is 4.29. The topological polar surface area (TPSA) is 89.6 Å². The lowest BCUT2D eigenvalue weighted by molar-refractivity contribution is 0.364. The van der Waals surface area contributed by atoms with Gasteiger partial charge in [-0.2, -0.15) is 4.98 Å². The third-order valence-corrected chi connectivity index (χ3v) is 3.16. The maximum Gasteiger partial charge on any atom is 0.248 e. The van der Waals surface area contributed by atoms with Crippen molar-refractivity contribution in [3.63, 3.8) is 0 Å². The van der Waals surface area contributed by atoms with Crippen LogP contribution in [0.2, 0.25) is 0 Å². The predicted octanol–water partition coefficient (Wildman–Crippen LogP) is 2.65. The van der Waals surface area contributed by atoms with Crippen molar-refractivity contribution in [2.45, 2.75) is 19.9 Å². The number of hydrogen-bond acceptors (Lipinski definition) is 7. The molecule has 8 heteroatoms. The molecule has 7 nitrogen and oxygen atoms in total. The van der Waals surface area contributed by atoms with Gasteiger partial charge in [-0.1, -0.05) is 5.16 Å². The molecule has 102 valence electrons. The maximum atomic E-state index is 5.14. The van der Waals surface area contributed by atoms with E-state index >= 15 is 0 Å². The second kappa shape index (κ2) is 5.12. The Labute approximate surface area is 123 Å². The zero-order chi connectivity index (χ0) is 14.1. The van der Waals surface area contributed by atoms with Crippen molar-refractivity contribution in [2.24, 2.45) is 0 Å². The molecule has 0 amide bonds.